The molecule has 0 bridgehead atoms. The number of hydrogen-bond donors (Lipinski definition) is 1. The minimum atomic E-state index is -0.274. The maximum atomic E-state index is 11.9. The first kappa shape index (κ1) is 13.4. The highest BCUT2D eigenvalue weighted by Gasteiger charge is 2.14. The van der Waals surface area contributed by atoms with E-state index in [9.17, 15) is 4.79 Å². The van der Waals surface area contributed by atoms with Gasteiger partial charge in [0.15, 0.2) is 0 Å². The van der Waals surface area contributed by atoms with Crippen molar-refractivity contribution in [2.45, 2.75) is 13.8 Å². The van der Waals surface area contributed by atoms with Gasteiger partial charge in [-0.15, -0.1) is 5.10 Å². The van der Waals surface area contributed by atoms with Crippen LogP contribution in [0.25, 0.3) is 5.78 Å². The summed E-state index contributed by atoms with van der Waals surface area (Å²) in [5, 5.41) is 6.95. The molecule has 0 aromatic carbocycles. The lowest BCUT2D eigenvalue weighted by Crippen LogP contribution is -2.32. The second-order valence-electron chi connectivity index (χ2n) is 4.75. The van der Waals surface area contributed by atoms with E-state index in [1.807, 2.05) is 38.9 Å². The van der Waals surface area contributed by atoms with Crippen LogP contribution in [0.5, 0.6) is 0 Å². The molecular weight excluding hydrogens is 244 g/mol. The zero-order chi connectivity index (χ0) is 14.0. The van der Waals surface area contributed by atoms with Crippen LogP contribution >= 0.6 is 0 Å². The molecule has 0 saturated heterocycles. The first-order valence-corrected chi connectivity index (χ1v) is 6.11. The Kier molecular flexibility index (Phi) is 3.75. The van der Waals surface area contributed by atoms with E-state index in [4.69, 9.17) is 0 Å². The monoisotopic (exact) mass is 262 g/mol. The van der Waals surface area contributed by atoms with Crippen molar-refractivity contribution in [3.05, 3.63) is 23.3 Å². The first-order chi connectivity index (χ1) is 8.97. The van der Waals surface area contributed by atoms with E-state index in [-0.39, 0.29) is 11.7 Å². The zero-order valence-corrected chi connectivity index (χ0v) is 11.6. The van der Waals surface area contributed by atoms with Crippen molar-refractivity contribution in [2.75, 3.05) is 27.2 Å². The predicted molar refractivity (Wildman–Crippen MR) is 71.1 cm³/mol. The van der Waals surface area contributed by atoms with Gasteiger partial charge in [-0.2, -0.15) is 4.98 Å². The van der Waals surface area contributed by atoms with Crippen molar-refractivity contribution in [1.29, 1.82) is 0 Å². The van der Waals surface area contributed by atoms with Crippen molar-refractivity contribution >= 4 is 11.7 Å². The number of amides is 1. The van der Waals surface area contributed by atoms with E-state index in [0.717, 1.165) is 17.9 Å². The molecule has 1 amide bonds. The number of likely N-dealkylation sites (N-methyl/N-ethyl adjacent to an activating group) is 1. The predicted octanol–water partition coefficient (Wildman–Crippen LogP) is 0.0325. The molecule has 0 aliphatic carbocycles. The molecular formula is C12H18N6O. The van der Waals surface area contributed by atoms with Gasteiger partial charge in [0.1, 0.15) is 0 Å². The quantitative estimate of drug-likeness (QED) is 0.841. The Labute approximate surface area is 111 Å². The van der Waals surface area contributed by atoms with Gasteiger partial charge in [-0.25, -0.2) is 9.50 Å². The Morgan fingerprint density at radius 2 is 2.11 bits per heavy atom. The lowest BCUT2D eigenvalue weighted by atomic mass is 10.4. The Balaban J connectivity index is 2.17. The van der Waals surface area contributed by atoms with E-state index in [2.05, 4.69) is 20.4 Å². The van der Waals surface area contributed by atoms with E-state index < -0.39 is 0 Å². The molecule has 2 aromatic rings. The summed E-state index contributed by atoms with van der Waals surface area (Å²) in [7, 11) is 3.90. The molecule has 0 aliphatic heterocycles. The van der Waals surface area contributed by atoms with Crippen LogP contribution < -0.4 is 5.32 Å². The Morgan fingerprint density at radius 1 is 1.37 bits per heavy atom. The van der Waals surface area contributed by atoms with Gasteiger partial charge in [0, 0.05) is 24.5 Å². The molecule has 0 fully saturated rings. The highest BCUT2D eigenvalue weighted by molar-refractivity contribution is 5.90. The fourth-order valence-corrected chi connectivity index (χ4v) is 1.73. The van der Waals surface area contributed by atoms with Gasteiger partial charge in [-0.3, -0.25) is 4.79 Å². The molecule has 7 nitrogen and oxygen atoms in total. The third-order valence-electron chi connectivity index (χ3n) is 2.67. The maximum Gasteiger partial charge on any atom is 0.291 e. The largest absolute Gasteiger partial charge is 0.348 e. The van der Waals surface area contributed by atoms with Gasteiger partial charge < -0.3 is 10.2 Å². The molecule has 0 radical (unpaired) electrons. The number of nitrogens with zero attached hydrogens (tertiary/aromatic N) is 5. The lowest BCUT2D eigenvalue weighted by Gasteiger charge is -2.08. The van der Waals surface area contributed by atoms with E-state index in [1.165, 1.54) is 0 Å². The molecule has 1 N–H and O–H groups in total. The molecule has 102 valence electrons. The number of carbonyl (C=O) groups excluding carboxylic acids is 1. The lowest BCUT2D eigenvalue weighted by molar-refractivity contribution is 0.0941. The van der Waals surface area contributed by atoms with Crippen molar-refractivity contribution in [3.63, 3.8) is 0 Å². The van der Waals surface area contributed by atoms with Gasteiger partial charge in [0.25, 0.3) is 11.7 Å². The molecule has 7 heteroatoms. The summed E-state index contributed by atoms with van der Waals surface area (Å²) in [5.41, 5.74) is 1.76. The Bertz CT molecular complexity index is 604. The topological polar surface area (TPSA) is 75.4 Å². The highest BCUT2D eigenvalue weighted by atomic mass is 16.2. The van der Waals surface area contributed by atoms with Crippen LogP contribution in [0.3, 0.4) is 0 Å². The summed E-state index contributed by atoms with van der Waals surface area (Å²) in [6.07, 6.45) is 0. The van der Waals surface area contributed by atoms with Crippen molar-refractivity contribution < 1.29 is 4.79 Å². The number of nitrogens with one attached hydrogen (secondary N) is 1. The van der Waals surface area contributed by atoms with Crippen LogP contribution in [0, 0.1) is 13.8 Å². The van der Waals surface area contributed by atoms with Crippen LogP contribution in [0.1, 0.15) is 22.0 Å². The van der Waals surface area contributed by atoms with E-state index in [1.54, 1.807) is 4.52 Å². The minimum absolute atomic E-state index is 0.153. The minimum Gasteiger partial charge on any atom is -0.348 e. The van der Waals surface area contributed by atoms with Crippen LogP contribution in [0.4, 0.5) is 0 Å². The number of carbonyl (C=O) groups is 1. The standard InChI is InChI=1S/C12H18N6O/c1-8-7-9(2)18-12(14-8)15-10(16-18)11(19)13-5-6-17(3)4/h7H,5-6H2,1-4H3,(H,13,19). The molecule has 0 spiro atoms. The van der Waals surface area contributed by atoms with Gasteiger partial charge >= 0.3 is 0 Å². The van der Waals surface area contributed by atoms with Crippen molar-refractivity contribution in [3.8, 4) is 0 Å². The number of aromatic nitrogens is 4. The SMILES string of the molecule is Cc1cc(C)n2nc(C(=O)NCCN(C)C)nc2n1. The molecule has 0 aliphatic rings. The van der Waals surface area contributed by atoms with Crippen molar-refractivity contribution in [2.24, 2.45) is 0 Å². The fourth-order valence-electron chi connectivity index (χ4n) is 1.73. The Morgan fingerprint density at radius 3 is 2.79 bits per heavy atom. The van der Waals surface area contributed by atoms with Gasteiger partial charge in [-0.1, -0.05) is 0 Å². The summed E-state index contributed by atoms with van der Waals surface area (Å²) < 4.78 is 1.58. The smallest absolute Gasteiger partial charge is 0.291 e. The third kappa shape index (κ3) is 3.05. The second-order valence-corrected chi connectivity index (χ2v) is 4.75. The van der Waals surface area contributed by atoms with Gasteiger partial charge in [0.05, 0.1) is 0 Å². The molecule has 0 unspecified atom stereocenters. The first-order valence-electron chi connectivity index (χ1n) is 6.11. The summed E-state index contributed by atoms with van der Waals surface area (Å²) in [4.78, 5) is 22.3. The molecule has 2 rings (SSSR count). The molecule has 2 heterocycles. The maximum absolute atomic E-state index is 11.9. The highest BCUT2D eigenvalue weighted by Crippen LogP contribution is 2.05. The number of rotatable bonds is 4. The van der Waals surface area contributed by atoms with Crippen molar-refractivity contribution in [1.82, 2.24) is 29.8 Å². The fraction of sp³-hybridized carbons (Fsp3) is 0.500. The normalized spacial score (nSPS) is 11.2. The van der Waals surface area contributed by atoms with E-state index in [0.29, 0.717) is 12.3 Å². The summed E-state index contributed by atoms with van der Waals surface area (Å²) in [6.45, 7) is 5.13. The summed E-state index contributed by atoms with van der Waals surface area (Å²) in [5.74, 6) is 0.333. The van der Waals surface area contributed by atoms with E-state index >= 15 is 0 Å². The second kappa shape index (κ2) is 5.31. The molecule has 0 saturated carbocycles. The average molecular weight is 262 g/mol. The molecule has 19 heavy (non-hydrogen) atoms. The number of hydrogen-bond acceptors (Lipinski definition) is 5. The van der Waals surface area contributed by atoms with Gasteiger partial charge in [0.2, 0.25) is 5.82 Å². The molecule has 2 aromatic heterocycles. The number of fused-ring (bicyclic) bond motifs is 1. The van der Waals surface area contributed by atoms with Crippen LogP contribution in [-0.2, 0) is 0 Å². The van der Waals surface area contributed by atoms with Crippen LogP contribution in [-0.4, -0.2) is 57.6 Å². The third-order valence-corrected chi connectivity index (χ3v) is 2.67. The van der Waals surface area contributed by atoms with Crippen LogP contribution in [0.15, 0.2) is 6.07 Å². The molecule has 0 atom stereocenters. The average Bonchev–Trinajstić information content (AvgIpc) is 2.72. The number of aryl methyl sites for hydroxylation is 2. The van der Waals surface area contributed by atoms with Crippen LogP contribution in [0.2, 0.25) is 0 Å². The summed E-state index contributed by atoms with van der Waals surface area (Å²) in [6, 6.07) is 1.90. The summed E-state index contributed by atoms with van der Waals surface area (Å²) >= 11 is 0. The zero-order valence-electron chi connectivity index (χ0n) is 11.6. The Hall–Kier alpha value is -2.02. The van der Waals surface area contributed by atoms with Gasteiger partial charge in [-0.05, 0) is 34.0 Å².